The normalized spacial score (nSPS) is 10.7. The first kappa shape index (κ1) is 18.7. The van der Waals surface area contributed by atoms with Gasteiger partial charge in [-0.15, -0.1) is 0 Å². The highest BCUT2D eigenvalue weighted by Crippen LogP contribution is 2.37. The van der Waals surface area contributed by atoms with Gasteiger partial charge < -0.3 is 20.3 Å². The van der Waals surface area contributed by atoms with Crippen molar-refractivity contribution in [1.82, 2.24) is 9.97 Å². The smallest absolute Gasteiger partial charge is 0.303 e. The average molecular weight is 388 g/mol. The molecular weight excluding hydrogens is 370 g/mol. The summed E-state index contributed by atoms with van der Waals surface area (Å²) < 4.78 is 11.1. The molecule has 3 rings (SSSR count). The number of hydrogen-bond acceptors (Lipinski definition) is 6. The number of methoxy groups -OCH3 is 1. The number of fused-ring (bicyclic) bond motifs is 1. The number of carboxylic acid groups (broad SMARTS) is 1. The molecule has 0 fully saturated rings. The monoisotopic (exact) mass is 387 g/mol. The van der Waals surface area contributed by atoms with Gasteiger partial charge in [0.15, 0.2) is 0 Å². The molecule has 0 atom stereocenters. The van der Waals surface area contributed by atoms with Crippen molar-refractivity contribution >= 4 is 34.4 Å². The Bertz CT molecular complexity index is 994. The lowest BCUT2D eigenvalue weighted by atomic mass is 10.0. The third-order valence-corrected chi connectivity index (χ3v) is 4.15. The van der Waals surface area contributed by atoms with Crippen molar-refractivity contribution in [2.45, 2.75) is 12.8 Å². The van der Waals surface area contributed by atoms with Crippen LogP contribution in [0.15, 0.2) is 36.4 Å². The van der Waals surface area contributed by atoms with Crippen molar-refractivity contribution in [3.05, 3.63) is 41.4 Å². The number of aromatic nitrogens is 2. The molecule has 0 saturated carbocycles. The molecule has 8 heteroatoms. The third kappa shape index (κ3) is 4.38. The average Bonchev–Trinajstić information content (AvgIpc) is 2.64. The predicted molar refractivity (Wildman–Crippen MR) is 103 cm³/mol. The summed E-state index contributed by atoms with van der Waals surface area (Å²) in [5.74, 6) is 0.386. The number of nitrogens with two attached hydrogens (primary N) is 1. The maximum atomic E-state index is 10.7. The van der Waals surface area contributed by atoms with E-state index in [0.717, 1.165) is 5.39 Å². The van der Waals surface area contributed by atoms with Gasteiger partial charge in [-0.3, -0.25) is 4.79 Å². The van der Waals surface area contributed by atoms with E-state index in [4.69, 9.17) is 31.9 Å². The fourth-order valence-corrected chi connectivity index (χ4v) is 2.85. The summed E-state index contributed by atoms with van der Waals surface area (Å²) in [7, 11) is 1.56. The Hall–Kier alpha value is -3.06. The molecule has 0 saturated heterocycles. The molecule has 1 heterocycles. The standard InChI is InChI=1S/C19H18ClN3O4/c1-26-12-5-6-13(16(10-12)27-8-2-3-17(24)25)18-14-9-11(20)4-7-15(14)22-19(21)23-18/h4-7,9-10H,2-3,8H2,1H3,(H,24,25)(H2,21,22,23). The predicted octanol–water partition coefficient (Wildman–Crippen LogP) is 3.78. The van der Waals surface area contributed by atoms with Crippen LogP contribution in [0.25, 0.3) is 22.2 Å². The van der Waals surface area contributed by atoms with Gasteiger partial charge in [0, 0.05) is 28.5 Å². The zero-order valence-corrected chi connectivity index (χ0v) is 15.4. The van der Waals surface area contributed by atoms with Crippen LogP contribution in [0, 0.1) is 0 Å². The molecule has 27 heavy (non-hydrogen) atoms. The second-order valence-electron chi connectivity index (χ2n) is 5.80. The van der Waals surface area contributed by atoms with E-state index in [1.54, 1.807) is 37.4 Å². The first-order chi connectivity index (χ1) is 13.0. The van der Waals surface area contributed by atoms with Crippen molar-refractivity contribution in [2.24, 2.45) is 0 Å². The maximum Gasteiger partial charge on any atom is 0.303 e. The molecule has 0 radical (unpaired) electrons. The quantitative estimate of drug-likeness (QED) is 0.594. The Kier molecular flexibility index (Phi) is 5.61. The van der Waals surface area contributed by atoms with Crippen LogP contribution < -0.4 is 15.2 Å². The summed E-state index contributed by atoms with van der Waals surface area (Å²) in [6.07, 6.45) is 0.406. The number of rotatable bonds is 7. The van der Waals surface area contributed by atoms with Crippen LogP contribution in [0.3, 0.4) is 0 Å². The minimum Gasteiger partial charge on any atom is -0.497 e. The number of carbonyl (C=O) groups is 1. The van der Waals surface area contributed by atoms with E-state index in [1.165, 1.54) is 0 Å². The molecule has 0 spiro atoms. The van der Waals surface area contributed by atoms with Crippen LogP contribution in [0.5, 0.6) is 11.5 Å². The summed E-state index contributed by atoms with van der Waals surface area (Å²) in [4.78, 5) is 19.3. The number of ether oxygens (including phenoxy) is 2. The number of anilines is 1. The molecule has 0 bridgehead atoms. The Morgan fingerprint density at radius 3 is 2.78 bits per heavy atom. The van der Waals surface area contributed by atoms with Crippen LogP contribution in [0.1, 0.15) is 12.8 Å². The van der Waals surface area contributed by atoms with E-state index in [-0.39, 0.29) is 19.0 Å². The van der Waals surface area contributed by atoms with Gasteiger partial charge in [-0.05, 0) is 36.8 Å². The van der Waals surface area contributed by atoms with Crippen LogP contribution in [0.4, 0.5) is 5.95 Å². The van der Waals surface area contributed by atoms with E-state index >= 15 is 0 Å². The fourth-order valence-electron chi connectivity index (χ4n) is 2.67. The van der Waals surface area contributed by atoms with Crippen molar-refractivity contribution in [2.75, 3.05) is 19.5 Å². The summed E-state index contributed by atoms with van der Waals surface area (Å²) in [6, 6.07) is 10.6. The van der Waals surface area contributed by atoms with Gasteiger partial charge in [-0.1, -0.05) is 11.6 Å². The Morgan fingerprint density at radius 1 is 1.22 bits per heavy atom. The molecule has 0 amide bonds. The fraction of sp³-hybridized carbons (Fsp3) is 0.211. The van der Waals surface area contributed by atoms with Crippen molar-refractivity contribution in [3.8, 4) is 22.8 Å². The van der Waals surface area contributed by atoms with Crippen molar-refractivity contribution in [3.63, 3.8) is 0 Å². The van der Waals surface area contributed by atoms with Crippen LogP contribution >= 0.6 is 11.6 Å². The second kappa shape index (κ2) is 8.09. The molecule has 0 aliphatic carbocycles. The highest BCUT2D eigenvalue weighted by Gasteiger charge is 2.15. The number of carboxylic acids is 1. The van der Waals surface area contributed by atoms with Gasteiger partial charge in [-0.2, -0.15) is 0 Å². The molecule has 3 N–H and O–H groups in total. The minimum atomic E-state index is -0.867. The highest BCUT2D eigenvalue weighted by atomic mass is 35.5. The molecular formula is C19H18ClN3O4. The maximum absolute atomic E-state index is 10.7. The number of nitrogens with zero attached hydrogens (tertiary/aromatic N) is 2. The topological polar surface area (TPSA) is 108 Å². The van der Waals surface area contributed by atoms with Gasteiger partial charge in [0.05, 0.1) is 24.9 Å². The Morgan fingerprint density at radius 2 is 2.04 bits per heavy atom. The zero-order chi connectivity index (χ0) is 19.4. The van der Waals surface area contributed by atoms with Crippen molar-refractivity contribution < 1.29 is 19.4 Å². The lowest BCUT2D eigenvalue weighted by Gasteiger charge is -2.14. The van der Waals surface area contributed by atoms with Gasteiger partial charge >= 0.3 is 5.97 Å². The van der Waals surface area contributed by atoms with Gasteiger partial charge in [0.2, 0.25) is 5.95 Å². The van der Waals surface area contributed by atoms with Gasteiger partial charge in [0.25, 0.3) is 0 Å². The Balaban J connectivity index is 2.06. The van der Waals surface area contributed by atoms with Crippen LogP contribution in [0.2, 0.25) is 5.02 Å². The van der Waals surface area contributed by atoms with Gasteiger partial charge in [-0.25, -0.2) is 9.97 Å². The van der Waals surface area contributed by atoms with E-state index < -0.39 is 5.97 Å². The molecule has 3 aromatic rings. The SMILES string of the molecule is COc1ccc(-c2nc(N)nc3ccc(Cl)cc23)c(OCCCC(=O)O)c1. The van der Waals surface area contributed by atoms with Crippen LogP contribution in [-0.2, 0) is 4.79 Å². The number of hydrogen-bond donors (Lipinski definition) is 2. The second-order valence-corrected chi connectivity index (χ2v) is 6.24. The number of benzene rings is 2. The summed E-state index contributed by atoms with van der Waals surface area (Å²) in [5.41, 5.74) is 7.80. The van der Waals surface area contributed by atoms with Crippen molar-refractivity contribution in [1.29, 1.82) is 0 Å². The molecule has 140 valence electrons. The summed E-state index contributed by atoms with van der Waals surface area (Å²) >= 11 is 6.14. The number of halogens is 1. The first-order valence-electron chi connectivity index (χ1n) is 8.23. The van der Waals surface area contributed by atoms with E-state index in [2.05, 4.69) is 9.97 Å². The van der Waals surface area contributed by atoms with E-state index in [1.807, 2.05) is 6.07 Å². The highest BCUT2D eigenvalue weighted by molar-refractivity contribution is 6.31. The summed E-state index contributed by atoms with van der Waals surface area (Å²) in [5, 5.41) is 10.1. The lowest BCUT2D eigenvalue weighted by Crippen LogP contribution is -2.04. The minimum absolute atomic E-state index is 0.0261. The molecule has 0 aliphatic rings. The third-order valence-electron chi connectivity index (χ3n) is 3.91. The summed E-state index contributed by atoms with van der Waals surface area (Å²) in [6.45, 7) is 0.242. The molecule has 0 aliphatic heterocycles. The van der Waals surface area contributed by atoms with Gasteiger partial charge in [0.1, 0.15) is 11.5 Å². The Labute approximate surface area is 160 Å². The first-order valence-corrected chi connectivity index (χ1v) is 8.61. The zero-order valence-electron chi connectivity index (χ0n) is 14.6. The largest absolute Gasteiger partial charge is 0.497 e. The molecule has 2 aromatic carbocycles. The van der Waals surface area contributed by atoms with E-state index in [9.17, 15) is 4.79 Å². The number of aliphatic carboxylic acids is 1. The number of nitrogen functional groups attached to an aromatic ring is 1. The molecule has 0 unspecified atom stereocenters. The molecule has 1 aromatic heterocycles. The lowest BCUT2D eigenvalue weighted by molar-refractivity contribution is -0.137. The van der Waals surface area contributed by atoms with E-state index in [0.29, 0.717) is 39.7 Å². The molecule has 7 nitrogen and oxygen atoms in total. The van der Waals surface area contributed by atoms with Crippen LogP contribution in [-0.4, -0.2) is 34.8 Å².